The third-order valence-corrected chi connectivity index (χ3v) is 4.38. The molecule has 1 aliphatic rings. The van der Waals surface area contributed by atoms with Crippen molar-refractivity contribution in [2.75, 3.05) is 23.8 Å². The molecule has 30 heavy (non-hydrogen) atoms. The summed E-state index contributed by atoms with van der Waals surface area (Å²) in [7, 11) is 0. The van der Waals surface area contributed by atoms with Gasteiger partial charge >= 0.3 is 0 Å². The van der Waals surface area contributed by atoms with Crippen molar-refractivity contribution in [1.29, 1.82) is 0 Å². The molecule has 0 radical (unpaired) electrons. The highest BCUT2D eigenvalue weighted by atomic mass is 19.1. The summed E-state index contributed by atoms with van der Waals surface area (Å²) in [4.78, 5) is 12.2. The van der Waals surface area contributed by atoms with Gasteiger partial charge in [-0.15, -0.1) is 0 Å². The highest BCUT2D eigenvalue weighted by Crippen LogP contribution is 2.34. The molecule has 2 aromatic carbocycles. The number of anilines is 4. The minimum absolute atomic E-state index is 0.0376. The molecule has 0 fully saturated rings. The maximum atomic E-state index is 14.3. The third-order valence-electron chi connectivity index (χ3n) is 4.38. The number of rotatable bonds is 5. The summed E-state index contributed by atoms with van der Waals surface area (Å²) in [6.07, 6.45) is 4.10. The minimum atomic E-state index is -0.578. The van der Waals surface area contributed by atoms with Gasteiger partial charge in [0.25, 0.3) is 0 Å². The molecule has 3 heterocycles. The smallest absolute Gasteiger partial charge is 0.229 e. The van der Waals surface area contributed by atoms with Crippen molar-refractivity contribution >= 4 is 23.1 Å². The van der Waals surface area contributed by atoms with Crippen LogP contribution in [0.25, 0.3) is 11.3 Å². The Kier molecular flexibility index (Phi) is 4.60. The van der Waals surface area contributed by atoms with E-state index in [-0.39, 0.29) is 11.8 Å². The lowest BCUT2D eigenvalue weighted by atomic mass is 10.1. The lowest BCUT2D eigenvalue weighted by Gasteiger charge is -2.19. The molecule has 0 amide bonds. The average molecular weight is 405 g/mol. The van der Waals surface area contributed by atoms with Gasteiger partial charge < -0.3 is 24.5 Å². The predicted molar refractivity (Wildman–Crippen MR) is 108 cm³/mol. The Hall–Kier alpha value is -4.14. The van der Waals surface area contributed by atoms with Crippen LogP contribution >= 0.6 is 0 Å². The zero-order chi connectivity index (χ0) is 20.3. The number of hydrogen-bond donors (Lipinski definition) is 2. The summed E-state index contributed by atoms with van der Waals surface area (Å²) in [5, 5.41) is 6.03. The number of hydrogen-bond acceptors (Lipinski definition) is 8. The highest BCUT2D eigenvalue weighted by Gasteiger charge is 2.14. The Morgan fingerprint density at radius 2 is 1.77 bits per heavy atom. The van der Waals surface area contributed by atoms with Crippen LogP contribution in [0.5, 0.6) is 11.5 Å². The number of ether oxygens (including phenoxy) is 2. The molecule has 0 unspecified atom stereocenters. The molecular weight excluding hydrogens is 389 g/mol. The summed E-state index contributed by atoms with van der Waals surface area (Å²) in [5.74, 6) is 1.60. The molecule has 2 aromatic heterocycles. The highest BCUT2D eigenvalue weighted by molar-refractivity contribution is 5.67. The number of oxazole rings is 1. The van der Waals surface area contributed by atoms with Crippen LogP contribution in [0, 0.1) is 5.82 Å². The second-order valence-corrected chi connectivity index (χ2v) is 6.45. The van der Waals surface area contributed by atoms with Gasteiger partial charge in [-0.3, -0.25) is 0 Å². The molecule has 8 nitrogen and oxygen atoms in total. The first kappa shape index (κ1) is 17.9. The maximum Gasteiger partial charge on any atom is 0.229 e. The largest absolute Gasteiger partial charge is 0.486 e. The van der Waals surface area contributed by atoms with E-state index in [4.69, 9.17) is 13.9 Å². The van der Waals surface area contributed by atoms with Gasteiger partial charge in [0.15, 0.2) is 35.3 Å². The van der Waals surface area contributed by atoms with Crippen LogP contribution in [-0.2, 0) is 0 Å². The van der Waals surface area contributed by atoms with Gasteiger partial charge in [-0.25, -0.2) is 14.4 Å². The second-order valence-electron chi connectivity index (χ2n) is 6.45. The molecule has 4 aromatic rings. The first-order valence-electron chi connectivity index (χ1n) is 9.20. The molecule has 0 aliphatic carbocycles. The molecule has 0 saturated heterocycles. The van der Waals surface area contributed by atoms with E-state index in [1.54, 1.807) is 24.4 Å². The summed E-state index contributed by atoms with van der Waals surface area (Å²) >= 11 is 0. The maximum absolute atomic E-state index is 14.3. The number of benzene rings is 2. The Balaban J connectivity index is 1.37. The normalized spacial score (nSPS) is 12.4. The zero-order valence-electron chi connectivity index (χ0n) is 15.6. The first-order chi connectivity index (χ1) is 14.7. The molecule has 1 aliphatic heterocycles. The topological polar surface area (TPSA) is 94.3 Å². The van der Waals surface area contributed by atoms with E-state index in [1.165, 1.54) is 6.39 Å². The number of nitrogens with one attached hydrogen (secondary N) is 2. The van der Waals surface area contributed by atoms with E-state index in [0.29, 0.717) is 36.2 Å². The van der Waals surface area contributed by atoms with Crippen LogP contribution in [0.15, 0.2) is 65.7 Å². The van der Waals surface area contributed by atoms with Gasteiger partial charge in [-0.05, 0) is 24.3 Å². The third kappa shape index (κ3) is 3.72. The van der Waals surface area contributed by atoms with Crippen LogP contribution in [-0.4, -0.2) is 28.2 Å². The van der Waals surface area contributed by atoms with Crippen LogP contribution in [0.3, 0.4) is 0 Å². The van der Waals surface area contributed by atoms with E-state index < -0.39 is 5.82 Å². The Bertz CT molecular complexity index is 1180. The van der Waals surface area contributed by atoms with Crippen LogP contribution in [0.1, 0.15) is 0 Å². The SMILES string of the molecule is Fc1cnc(Nc2cccc(-c3cnco3)c2)nc1Nc1ccc2c(c1)OCCO2. The predicted octanol–water partition coefficient (Wildman–Crippen LogP) is 4.53. The molecule has 0 spiro atoms. The van der Waals surface area contributed by atoms with Crippen LogP contribution in [0.4, 0.5) is 27.5 Å². The number of fused-ring (bicyclic) bond motifs is 1. The molecule has 9 heteroatoms. The van der Waals surface area contributed by atoms with Crippen LogP contribution < -0.4 is 20.1 Å². The van der Waals surface area contributed by atoms with Gasteiger partial charge in [-0.1, -0.05) is 12.1 Å². The lowest BCUT2D eigenvalue weighted by Crippen LogP contribution is -2.15. The lowest BCUT2D eigenvalue weighted by molar-refractivity contribution is 0.171. The van der Waals surface area contributed by atoms with E-state index in [1.807, 2.05) is 24.3 Å². The van der Waals surface area contributed by atoms with E-state index in [2.05, 4.69) is 25.6 Å². The van der Waals surface area contributed by atoms with Gasteiger partial charge in [-0.2, -0.15) is 4.98 Å². The molecule has 2 N–H and O–H groups in total. The van der Waals surface area contributed by atoms with E-state index >= 15 is 0 Å². The monoisotopic (exact) mass is 405 g/mol. The molecule has 0 bridgehead atoms. The van der Waals surface area contributed by atoms with Gasteiger partial charge in [0.1, 0.15) is 13.2 Å². The fraction of sp³-hybridized carbons (Fsp3) is 0.0952. The van der Waals surface area contributed by atoms with E-state index in [9.17, 15) is 4.39 Å². The summed E-state index contributed by atoms with van der Waals surface area (Å²) < 4.78 is 30.7. The van der Waals surface area contributed by atoms with Crippen molar-refractivity contribution in [3.05, 3.63) is 67.1 Å². The molecule has 0 saturated carbocycles. The molecule has 0 atom stereocenters. The fourth-order valence-electron chi connectivity index (χ4n) is 3.01. The van der Waals surface area contributed by atoms with Gasteiger partial charge in [0.05, 0.1) is 12.4 Å². The van der Waals surface area contributed by atoms with Crippen molar-refractivity contribution < 1.29 is 18.3 Å². The average Bonchev–Trinajstić information content (AvgIpc) is 3.31. The van der Waals surface area contributed by atoms with E-state index in [0.717, 1.165) is 17.4 Å². The summed E-state index contributed by atoms with van der Waals surface area (Å²) in [5.41, 5.74) is 2.19. The number of halogens is 1. The zero-order valence-corrected chi connectivity index (χ0v) is 15.6. The standard InChI is InChI=1S/C21H16FN5O3/c22-16-10-24-21(26-14-3-1-2-13(8-14)19-11-23-12-30-19)27-20(16)25-15-4-5-17-18(9-15)29-7-6-28-17/h1-5,8-12H,6-7H2,(H2,24,25,26,27). The quantitative estimate of drug-likeness (QED) is 0.500. The number of aromatic nitrogens is 3. The Labute approximate surface area is 170 Å². The molecular formula is C21H16FN5O3. The minimum Gasteiger partial charge on any atom is -0.486 e. The molecule has 5 rings (SSSR count). The molecule has 150 valence electrons. The fourth-order valence-corrected chi connectivity index (χ4v) is 3.01. The van der Waals surface area contributed by atoms with Crippen molar-refractivity contribution in [2.24, 2.45) is 0 Å². The Morgan fingerprint density at radius 3 is 2.63 bits per heavy atom. The number of nitrogens with zero attached hydrogens (tertiary/aromatic N) is 3. The van der Waals surface area contributed by atoms with Crippen molar-refractivity contribution in [1.82, 2.24) is 15.0 Å². The van der Waals surface area contributed by atoms with Crippen LogP contribution in [0.2, 0.25) is 0 Å². The van der Waals surface area contributed by atoms with Gasteiger partial charge in [0.2, 0.25) is 5.95 Å². The second kappa shape index (κ2) is 7.70. The van der Waals surface area contributed by atoms with Crippen molar-refractivity contribution in [3.8, 4) is 22.8 Å². The van der Waals surface area contributed by atoms with Crippen molar-refractivity contribution in [3.63, 3.8) is 0 Å². The summed E-state index contributed by atoms with van der Waals surface area (Å²) in [6, 6.07) is 12.7. The van der Waals surface area contributed by atoms with Crippen molar-refractivity contribution in [2.45, 2.75) is 0 Å². The first-order valence-corrected chi connectivity index (χ1v) is 9.20. The Morgan fingerprint density at radius 1 is 0.900 bits per heavy atom. The van der Waals surface area contributed by atoms with Gasteiger partial charge in [0, 0.05) is 23.0 Å². The summed E-state index contributed by atoms with van der Waals surface area (Å²) in [6.45, 7) is 0.979.